The van der Waals surface area contributed by atoms with Crippen LogP contribution in [-0.2, 0) is 11.3 Å². The molecule has 2 amide bonds. The number of amides is 2. The van der Waals surface area contributed by atoms with E-state index in [0.717, 1.165) is 22.9 Å². The van der Waals surface area contributed by atoms with Crippen LogP contribution in [0.15, 0.2) is 71.6 Å². The third-order valence-corrected chi connectivity index (χ3v) is 6.35. The molecule has 3 aromatic rings. The molecule has 0 bridgehead atoms. The Morgan fingerprint density at radius 3 is 2.56 bits per heavy atom. The van der Waals surface area contributed by atoms with Crippen molar-refractivity contribution in [1.82, 2.24) is 4.90 Å². The average molecular weight is 494 g/mol. The van der Waals surface area contributed by atoms with Crippen molar-refractivity contribution in [2.75, 3.05) is 7.11 Å². The Bertz CT molecular complexity index is 1320. The highest BCUT2D eigenvalue weighted by atomic mass is 35.5. The Balaban J connectivity index is 1.57. The number of thioether (sulfide) groups is 1. The Labute approximate surface area is 206 Å². The molecule has 1 fully saturated rings. The lowest BCUT2D eigenvalue weighted by molar-refractivity contribution is -0.123. The molecule has 1 heterocycles. The minimum Gasteiger partial charge on any atom is -0.493 e. The van der Waals surface area contributed by atoms with Crippen LogP contribution in [0.5, 0.6) is 11.5 Å². The second-order valence-corrected chi connectivity index (χ2v) is 8.93. The number of esters is 1. The van der Waals surface area contributed by atoms with E-state index in [0.29, 0.717) is 16.3 Å². The summed E-state index contributed by atoms with van der Waals surface area (Å²) in [6, 6.07) is 18.9. The van der Waals surface area contributed by atoms with Crippen molar-refractivity contribution in [3.8, 4) is 11.5 Å². The molecule has 0 saturated carbocycles. The molecular formula is C26H20ClNO5S. The van der Waals surface area contributed by atoms with E-state index in [4.69, 9.17) is 21.1 Å². The maximum Gasteiger partial charge on any atom is 0.343 e. The van der Waals surface area contributed by atoms with Gasteiger partial charge in [-0.05, 0) is 71.8 Å². The van der Waals surface area contributed by atoms with E-state index < -0.39 is 5.97 Å². The molecule has 1 aliphatic rings. The SMILES string of the molecule is COc1ccc(/C=C2\SC(=O)N(Cc3ccccc3C)C2=O)cc1OC(=O)c1cccc(Cl)c1. The molecule has 172 valence electrons. The van der Waals surface area contributed by atoms with Gasteiger partial charge in [-0.1, -0.05) is 48.0 Å². The molecular weight excluding hydrogens is 474 g/mol. The Kier molecular flexibility index (Phi) is 7.05. The van der Waals surface area contributed by atoms with Gasteiger partial charge in [0, 0.05) is 5.02 Å². The van der Waals surface area contributed by atoms with Crippen LogP contribution >= 0.6 is 23.4 Å². The van der Waals surface area contributed by atoms with Crippen molar-refractivity contribution in [3.63, 3.8) is 0 Å². The van der Waals surface area contributed by atoms with E-state index in [-0.39, 0.29) is 33.9 Å². The number of halogens is 1. The molecule has 0 aromatic heterocycles. The van der Waals surface area contributed by atoms with E-state index in [2.05, 4.69) is 0 Å². The number of methoxy groups -OCH3 is 1. The number of nitrogens with zero attached hydrogens (tertiary/aromatic N) is 1. The standard InChI is InChI=1S/C26H20ClNO5S/c1-16-6-3-4-7-19(16)15-28-24(29)23(34-26(28)31)13-17-10-11-21(32-2)22(12-17)33-25(30)18-8-5-9-20(27)14-18/h3-14H,15H2,1-2H3/b23-13-. The number of benzene rings is 3. The third-order valence-electron chi connectivity index (χ3n) is 5.21. The molecule has 8 heteroatoms. The quantitative estimate of drug-likeness (QED) is 0.234. The molecule has 34 heavy (non-hydrogen) atoms. The summed E-state index contributed by atoms with van der Waals surface area (Å²) in [6.45, 7) is 2.15. The molecule has 0 radical (unpaired) electrons. The number of rotatable bonds is 6. The second-order valence-electron chi connectivity index (χ2n) is 7.50. The summed E-state index contributed by atoms with van der Waals surface area (Å²) in [5.41, 5.74) is 2.78. The van der Waals surface area contributed by atoms with E-state index in [1.807, 2.05) is 31.2 Å². The predicted octanol–water partition coefficient (Wildman–Crippen LogP) is 6.11. The Hall–Kier alpha value is -3.55. The zero-order chi connectivity index (χ0) is 24.2. The van der Waals surface area contributed by atoms with Crippen LogP contribution in [0.1, 0.15) is 27.0 Å². The van der Waals surface area contributed by atoms with Gasteiger partial charge >= 0.3 is 5.97 Å². The van der Waals surface area contributed by atoms with Gasteiger partial charge in [-0.2, -0.15) is 0 Å². The Morgan fingerprint density at radius 1 is 1.03 bits per heavy atom. The molecule has 1 saturated heterocycles. The van der Waals surface area contributed by atoms with Gasteiger partial charge in [-0.25, -0.2) is 4.79 Å². The lowest BCUT2D eigenvalue weighted by atomic mass is 10.1. The number of aryl methyl sites for hydroxylation is 1. The summed E-state index contributed by atoms with van der Waals surface area (Å²) in [7, 11) is 1.46. The molecule has 0 N–H and O–H groups in total. The smallest absolute Gasteiger partial charge is 0.343 e. The third kappa shape index (κ3) is 5.16. The van der Waals surface area contributed by atoms with Crippen LogP contribution < -0.4 is 9.47 Å². The molecule has 4 rings (SSSR count). The van der Waals surface area contributed by atoms with Gasteiger partial charge in [0.2, 0.25) is 0 Å². The summed E-state index contributed by atoms with van der Waals surface area (Å²) in [4.78, 5) is 39.5. The fourth-order valence-electron chi connectivity index (χ4n) is 3.38. The first-order valence-corrected chi connectivity index (χ1v) is 11.5. The van der Waals surface area contributed by atoms with Crippen LogP contribution in [0.4, 0.5) is 4.79 Å². The average Bonchev–Trinajstić information content (AvgIpc) is 3.08. The zero-order valence-corrected chi connectivity index (χ0v) is 20.0. The molecule has 0 spiro atoms. The van der Waals surface area contributed by atoms with E-state index in [1.54, 1.807) is 42.5 Å². The van der Waals surface area contributed by atoms with Crippen molar-refractivity contribution in [1.29, 1.82) is 0 Å². The van der Waals surface area contributed by atoms with Crippen molar-refractivity contribution in [2.45, 2.75) is 13.5 Å². The summed E-state index contributed by atoms with van der Waals surface area (Å²) in [5.74, 6) is -0.441. The van der Waals surface area contributed by atoms with Crippen LogP contribution in [0.3, 0.4) is 0 Å². The fourth-order valence-corrected chi connectivity index (χ4v) is 4.41. The van der Waals surface area contributed by atoms with Crippen molar-refractivity contribution >= 4 is 46.6 Å². The van der Waals surface area contributed by atoms with Gasteiger partial charge in [0.15, 0.2) is 11.5 Å². The van der Waals surface area contributed by atoms with Crippen molar-refractivity contribution in [2.24, 2.45) is 0 Å². The second kappa shape index (κ2) is 10.2. The van der Waals surface area contributed by atoms with Crippen molar-refractivity contribution in [3.05, 3.63) is 98.9 Å². The number of carbonyl (C=O) groups excluding carboxylic acids is 3. The van der Waals surface area contributed by atoms with E-state index in [9.17, 15) is 14.4 Å². The van der Waals surface area contributed by atoms with Crippen LogP contribution in [-0.4, -0.2) is 29.1 Å². The van der Waals surface area contributed by atoms with Gasteiger partial charge < -0.3 is 9.47 Å². The number of imide groups is 1. The summed E-state index contributed by atoms with van der Waals surface area (Å²) < 4.78 is 10.8. The molecule has 0 aliphatic carbocycles. The summed E-state index contributed by atoms with van der Waals surface area (Å²) >= 11 is 6.84. The van der Waals surface area contributed by atoms with Gasteiger partial charge in [0.05, 0.1) is 24.1 Å². The lowest BCUT2D eigenvalue weighted by Crippen LogP contribution is -2.27. The Morgan fingerprint density at radius 2 is 1.82 bits per heavy atom. The summed E-state index contributed by atoms with van der Waals surface area (Å²) in [6.07, 6.45) is 1.60. The molecule has 3 aromatic carbocycles. The van der Waals surface area contributed by atoms with Gasteiger partial charge in [-0.3, -0.25) is 14.5 Å². The highest BCUT2D eigenvalue weighted by Gasteiger charge is 2.35. The van der Waals surface area contributed by atoms with Crippen LogP contribution in [0.25, 0.3) is 6.08 Å². The van der Waals surface area contributed by atoms with Crippen LogP contribution in [0.2, 0.25) is 5.02 Å². The molecule has 6 nitrogen and oxygen atoms in total. The minimum atomic E-state index is -0.600. The normalized spacial score (nSPS) is 14.6. The highest BCUT2D eigenvalue weighted by molar-refractivity contribution is 8.18. The van der Waals surface area contributed by atoms with Gasteiger partial charge in [0.25, 0.3) is 11.1 Å². The first-order chi connectivity index (χ1) is 16.4. The molecule has 0 atom stereocenters. The zero-order valence-electron chi connectivity index (χ0n) is 18.4. The van der Waals surface area contributed by atoms with E-state index >= 15 is 0 Å². The van der Waals surface area contributed by atoms with Crippen molar-refractivity contribution < 1.29 is 23.9 Å². The van der Waals surface area contributed by atoms with Gasteiger partial charge in [0.1, 0.15) is 0 Å². The summed E-state index contributed by atoms with van der Waals surface area (Å²) in [5, 5.41) is 0.0807. The maximum atomic E-state index is 12.9. The maximum absolute atomic E-state index is 12.9. The number of hydrogen-bond donors (Lipinski definition) is 0. The molecule has 0 unspecified atom stereocenters. The number of hydrogen-bond acceptors (Lipinski definition) is 6. The fraction of sp³-hybridized carbons (Fsp3) is 0.115. The van der Waals surface area contributed by atoms with Gasteiger partial charge in [-0.15, -0.1) is 0 Å². The topological polar surface area (TPSA) is 72.9 Å². The van der Waals surface area contributed by atoms with E-state index in [1.165, 1.54) is 18.1 Å². The predicted molar refractivity (Wildman–Crippen MR) is 132 cm³/mol. The highest BCUT2D eigenvalue weighted by Crippen LogP contribution is 2.35. The largest absolute Gasteiger partial charge is 0.493 e. The molecule has 1 aliphatic heterocycles. The first-order valence-electron chi connectivity index (χ1n) is 10.3. The first kappa shape index (κ1) is 23.6. The number of ether oxygens (including phenoxy) is 2. The number of carbonyl (C=O) groups is 3. The minimum absolute atomic E-state index is 0.181. The van der Waals surface area contributed by atoms with Crippen LogP contribution in [0, 0.1) is 6.92 Å². The lowest BCUT2D eigenvalue weighted by Gasteiger charge is -2.14. The monoisotopic (exact) mass is 493 g/mol.